The zero-order chi connectivity index (χ0) is 30.3. The number of halogens is 4. The molecule has 0 amide bonds. The Morgan fingerprint density at radius 2 is 1.79 bits per heavy atom. The Hall–Kier alpha value is -4.44. The Kier molecular flexibility index (Phi) is 7.56. The van der Waals surface area contributed by atoms with Gasteiger partial charge < -0.3 is 14.4 Å². The van der Waals surface area contributed by atoms with E-state index >= 15 is 8.78 Å². The van der Waals surface area contributed by atoms with Crippen LogP contribution in [0, 0.1) is 22.9 Å². The second-order valence-corrected chi connectivity index (χ2v) is 11.3. The van der Waals surface area contributed by atoms with Crippen molar-refractivity contribution in [2.24, 2.45) is 5.41 Å². The van der Waals surface area contributed by atoms with Crippen LogP contribution >= 0.6 is 11.6 Å². The molecule has 220 valence electrons. The van der Waals surface area contributed by atoms with Crippen LogP contribution in [0.2, 0.25) is 5.02 Å². The van der Waals surface area contributed by atoms with Crippen LogP contribution in [0.4, 0.5) is 13.2 Å². The number of nitrogens with zero attached hydrogens (tertiary/aromatic N) is 4. The van der Waals surface area contributed by atoms with Crippen molar-refractivity contribution < 1.29 is 27.8 Å². The van der Waals surface area contributed by atoms with Crippen LogP contribution in [0.3, 0.4) is 0 Å². The third-order valence-corrected chi connectivity index (χ3v) is 8.28. The molecule has 0 aliphatic heterocycles. The van der Waals surface area contributed by atoms with Gasteiger partial charge in [0.2, 0.25) is 0 Å². The minimum absolute atomic E-state index is 0.00467. The molecule has 0 spiro atoms. The van der Waals surface area contributed by atoms with Gasteiger partial charge in [-0.2, -0.15) is 4.98 Å². The number of carboxylic acids is 1. The summed E-state index contributed by atoms with van der Waals surface area (Å²) in [6.45, 7) is 2.54. The van der Waals surface area contributed by atoms with E-state index < -0.39 is 23.4 Å². The zero-order valence-corrected chi connectivity index (χ0v) is 23.8. The highest BCUT2D eigenvalue weighted by Gasteiger charge is 2.41. The molecule has 1 fully saturated rings. The number of imidazole rings is 1. The Bertz CT molecular complexity index is 1870. The molecule has 1 aliphatic rings. The summed E-state index contributed by atoms with van der Waals surface area (Å²) in [5.41, 5.74) is 1.80. The summed E-state index contributed by atoms with van der Waals surface area (Å²) in [4.78, 5) is 24.5. The van der Waals surface area contributed by atoms with Gasteiger partial charge >= 0.3 is 12.0 Å². The normalized spacial score (nSPS) is 13.8. The summed E-state index contributed by atoms with van der Waals surface area (Å²) in [6, 6.07) is 12.3. The molecule has 1 aliphatic carbocycles. The summed E-state index contributed by atoms with van der Waals surface area (Å²) in [7, 11) is 0. The first-order valence-corrected chi connectivity index (χ1v) is 14.1. The monoisotopic (exact) mass is 606 g/mol. The summed E-state index contributed by atoms with van der Waals surface area (Å²) in [6.07, 6.45) is 4.37. The maximum Gasteiger partial charge on any atom is 0.335 e. The number of aromatic carboxylic acids is 1. The van der Waals surface area contributed by atoms with Crippen LogP contribution in [-0.4, -0.2) is 30.6 Å². The smallest absolute Gasteiger partial charge is 0.335 e. The van der Waals surface area contributed by atoms with Gasteiger partial charge in [-0.05, 0) is 78.8 Å². The van der Waals surface area contributed by atoms with Crippen molar-refractivity contribution in [2.75, 3.05) is 0 Å². The number of aromatic nitrogens is 4. The minimum atomic E-state index is -1.05. The first kappa shape index (κ1) is 28.7. The average Bonchev–Trinajstić information content (AvgIpc) is 3.69. The van der Waals surface area contributed by atoms with Gasteiger partial charge in [-0.25, -0.2) is 27.9 Å². The molecule has 1 saturated carbocycles. The SMILES string of the molecule is CCC1(Cn2c(Cc3cc(F)c(-c4ccnc(OCc5ccc(Cl)cc5F)n4)cc3F)nc3ccc(C(=O)O)cc32)CC1. The fourth-order valence-electron chi connectivity index (χ4n) is 5.18. The van der Waals surface area contributed by atoms with Crippen LogP contribution in [-0.2, 0) is 19.6 Å². The first-order chi connectivity index (χ1) is 20.6. The van der Waals surface area contributed by atoms with E-state index in [9.17, 15) is 14.3 Å². The lowest BCUT2D eigenvalue weighted by Gasteiger charge is -2.17. The number of benzene rings is 3. The van der Waals surface area contributed by atoms with Gasteiger partial charge in [-0.3, -0.25) is 0 Å². The van der Waals surface area contributed by atoms with E-state index in [-0.39, 0.29) is 57.4 Å². The zero-order valence-electron chi connectivity index (χ0n) is 23.1. The number of carboxylic acid groups (broad SMARTS) is 1. The largest absolute Gasteiger partial charge is 0.478 e. The van der Waals surface area contributed by atoms with E-state index in [1.807, 2.05) is 4.57 Å². The van der Waals surface area contributed by atoms with Gasteiger partial charge in [0.05, 0.1) is 22.3 Å². The second-order valence-electron chi connectivity index (χ2n) is 10.8. The maximum absolute atomic E-state index is 15.5. The van der Waals surface area contributed by atoms with E-state index in [0.717, 1.165) is 37.5 Å². The van der Waals surface area contributed by atoms with Crippen molar-refractivity contribution in [3.8, 4) is 17.3 Å². The van der Waals surface area contributed by atoms with Crippen LogP contribution in [0.5, 0.6) is 6.01 Å². The van der Waals surface area contributed by atoms with Gasteiger partial charge in [0.15, 0.2) is 0 Å². The van der Waals surface area contributed by atoms with Crippen molar-refractivity contribution in [3.63, 3.8) is 0 Å². The Morgan fingerprint density at radius 1 is 1.00 bits per heavy atom. The van der Waals surface area contributed by atoms with Crippen molar-refractivity contribution in [1.82, 2.24) is 19.5 Å². The molecule has 0 radical (unpaired) electrons. The Labute approximate surface area is 250 Å². The number of carbonyl (C=O) groups is 1. The molecule has 0 unspecified atom stereocenters. The molecule has 5 aromatic rings. The summed E-state index contributed by atoms with van der Waals surface area (Å²) >= 11 is 5.79. The van der Waals surface area contributed by atoms with E-state index in [1.54, 1.807) is 12.1 Å². The molecular weight excluding hydrogens is 581 g/mol. The number of fused-ring (bicyclic) bond motifs is 1. The van der Waals surface area contributed by atoms with E-state index in [0.29, 0.717) is 23.4 Å². The molecule has 2 aromatic heterocycles. The molecule has 1 N–H and O–H groups in total. The van der Waals surface area contributed by atoms with Gasteiger partial charge in [0, 0.05) is 35.3 Å². The van der Waals surface area contributed by atoms with E-state index in [2.05, 4.69) is 21.9 Å². The predicted octanol–water partition coefficient (Wildman–Crippen LogP) is 7.62. The maximum atomic E-state index is 15.5. The number of hydrogen-bond donors (Lipinski definition) is 1. The average molecular weight is 607 g/mol. The van der Waals surface area contributed by atoms with Crippen molar-refractivity contribution in [3.05, 3.63) is 106 Å². The molecule has 0 saturated heterocycles. The molecule has 0 atom stereocenters. The fraction of sp³-hybridized carbons (Fsp3) is 0.250. The lowest BCUT2D eigenvalue weighted by Crippen LogP contribution is -2.14. The molecule has 11 heteroatoms. The molecule has 6 rings (SSSR count). The highest BCUT2D eigenvalue weighted by molar-refractivity contribution is 6.30. The second kappa shape index (κ2) is 11.3. The van der Waals surface area contributed by atoms with Crippen molar-refractivity contribution in [1.29, 1.82) is 0 Å². The van der Waals surface area contributed by atoms with Gasteiger partial charge in [0.25, 0.3) is 0 Å². The summed E-state index contributed by atoms with van der Waals surface area (Å²) < 4.78 is 52.5. The Balaban J connectivity index is 1.28. The fourth-order valence-corrected chi connectivity index (χ4v) is 5.34. The molecule has 3 aromatic carbocycles. The molecule has 0 bridgehead atoms. The van der Waals surface area contributed by atoms with Crippen molar-refractivity contribution >= 4 is 28.6 Å². The highest BCUT2D eigenvalue weighted by Crippen LogP contribution is 2.50. The third-order valence-electron chi connectivity index (χ3n) is 8.04. The summed E-state index contributed by atoms with van der Waals surface area (Å²) in [5, 5.41) is 9.77. The van der Waals surface area contributed by atoms with Gasteiger partial charge in [-0.15, -0.1) is 0 Å². The van der Waals surface area contributed by atoms with E-state index in [4.69, 9.17) is 16.3 Å². The first-order valence-electron chi connectivity index (χ1n) is 13.8. The predicted molar refractivity (Wildman–Crippen MR) is 155 cm³/mol. The lowest BCUT2D eigenvalue weighted by atomic mass is 10.0. The topological polar surface area (TPSA) is 90.1 Å². The quantitative estimate of drug-likeness (QED) is 0.176. The standard InChI is InChI=1S/C32H26ClF3N4O3/c1-2-32(8-9-32)17-40-28-12-18(30(41)42)4-6-27(28)38-29(40)13-20-11-25(36)22(15-24(20)35)26-7-10-37-31(39-26)43-16-19-3-5-21(33)14-23(19)34/h3-7,10-12,14-15H,2,8-9,13,16-17H2,1H3,(H,41,42). The van der Waals surface area contributed by atoms with Gasteiger partial charge in [-0.1, -0.05) is 24.6 Å². The molecule has 43 heavy (non-hydrogen) atoms. The highest BCUT2D eigenvalue weighted by atomic mass is 35.5. The van der Waals surface area contributed by atoms with Crippen molar-refractivity contribution in [2.45, 2.75) is 45.8 Å². The van der Waals surface area contributed by atoms with Gasteiger partial charge in [0.1, 0.15) is 29.9 Å². The van der Waals surface area contributed by atoms with E-state index in [1.165, 1.54) is 30.5 Å². The van der Waals surface area contributed by atoms with Crippen LogP contribution in [0.15, 0.2) is 60.8 Å². The van der Waals surface area contributed by atoms with Crippen LogP contribution in [0.1, 0.15) is 53.5 Å². The molecule has 7 nitrogen and oxygen atoms in total. The number of hydrogen-bond acceptors (Lipinski definition) is 5. The third kappa shape index (κ3) is 5.92. The summed E-state index contributed by atoms with van der Waals surface area (Å²) in [5.74, 6) is -2.43. The minimum Gasteiger partial charge on any atom is -0.478 e. The lowest BCUT2D eigenvalue weighted by molar-refractivity contribution is 0.0697. The number of rotatable bonds is 10. The Morgan fingerprint density at radius 3 is 2.51 bits per heavy atom. The number of ether oxygens (including phenoxy) is 1. The molecule has 2 heterocycles. The molecular formula is C32H26ClF3N4O3. The van der Waals surface area contributed by atoms with Crippen LogP contribution < -0.4 is 4.74 Å². The van der Waals surface area contributed by atoms with Crippen LogP contribution in [0.25, 0.3) is 22.3 Å².